The van der Waals surface area contributed by atoms with Gasteiger partial charge in [0.25, 0.3) is 0 Å². The van der Waals surface area contributed by atoms with Crippen LogP contribution in [0.2, 0.25) is 0 Å². The van der Waals surface area contributed by atoms with Gasteiger partial charge in [-0.05, 0) is 45.2 Å². The summed E-state index contributed by atoms with van der Waals surface area (Å²) >= 11 is 0. The molecule has 7 heteroatoms. The highest BCUT2D eigenvalue weighted by atomic mass is 16.2. The summed E-state index contributed by atoms with van der Waals surface area (Å²) in [6.45, 7) is 8.58. The predicted molar refractivity (Wildman–Crippen MR) is 98.9 cm³/mol. The Labute approximate surface area is 148 Å². The summed E-state index contributed by atoms with van der Waals surface area (Å²) in [4.78, 5) is 18.7. The van der Waals surface area contributed by atoms with Crippen LogP contribution in [-0.2, 0) is 0 Å². The zero-order chi connectivity index (χ0) is 17.8. The fourth-order valence-corrected chi connectivity index (χ4v) is 3.20. The van der Waals surface area contributed by atoms with Crippen LogP contribution >= 0.6 is 0 Å². The number of amides is 2. The number of urea groups is 1. The summed E-state index contributed by atoms with van der Waals surface area (Å²) in [6.07, 6.45) is 1.08. The van der Waals surface area contributed by atoms with Gasteiger partial charge in [0.15, 0.2) is 0 Å². The second-order valence-electron chi connectivity index (χ2n) is 6.79. The molecule has 1 aromatic carbocycles. The van der Waals surface area contributed by atoms with E-state index in [0.717, 1.165) is 25.3 Å². The predicted octanol–water partition coefficient (Wildman–Crippen LogP) is 2.82. The highest BCUT2D eigenvalue weighted by Crippen LogP contribution is 2.22. The Kier molecular flexibility index (Phi) is 5.21. The average Bonchev–Trinajstić information content (AvgIpc) is 3.20. The minimum Gasteiger partial charge on any atom is -0.371 e. The summed E-state index contributed by atoms with van der Waals surface area (Å²) in [7, 11) is 0. The fourth-order valence-electron chi connectivity index (χ4n) is 3.20. The second-order valence-corrected chi connectivity index (χ2v) is 6.79. The van der Waals surface area contributed by atoms with Gasteiger partial charge < -0.3 is 10.2 Å². The molecule has 134 valence electrons. The zero-order valence-corrected chi connectivity index (χ0v) is 15.1. The quantitative estimate of drug-likeness (QED) is 0.876. The third-order valence-corrected chi connectivity index (χ3v) is 4.47. The lowest BCUT2D eigenvalue weighted by Crippen LogP contribution is -2.34. The molecule has 1 aliphatic rings. The Bertz CT molecular complexity index is 712. The van der Waals surface area contributed by atoms with Crippen molar-refractivity contribution in [3.05, 3.63) is 36.2 Å². The minimum atomic E-state index is -0.251. The largest absolute Gasteiger partial charge is 0.371 e. The molecule has 0 unspecified atom stereocenters. The van der Waals surface area contributed by atoms with Crippen molar-refractivity contribution in [1.82, 2.24) is 20.1 Å². The molecule has 2 aromatic rings. The number of nitrogens with one attached hydrogen (secondary N) is 2. The van der Waals surface area contributed by atoms with Gasteiger partial charge >= 0.3 is 6.03 Å². The van der Waals surface area contributed by atoms with Crippen molar-refractivity contribution in [1.29, 1.82) is 0 Å². The highest BCUT2D eigenvalue weighted by Gasteiger charge is 2.23. The van der Waals surface area contributed by atoms with E-state index >= 15 is 0 Å². The molecule has 3 rings (SSSR count). The molecule has 1 aromatic heterocycles. The molecule has 0 spiro atoms. The van der Waals surface area contributed by atoms with E-state index in [9.17, 15) is 4.79 Å². The van der Waals surface area contributed by atoms with Gasteiger partial charge in [-0.2, -0.15) is 4.98 Å². The smallest absolute Gasteiger partial charge is 0.321 e. The maximum atomic E-state index is 12.1. The Morgan fingerprint density at radius 2 is 2.08 bits per heavy atom. The van der Waals surface area contributed by atoms with Crippen LogP contribution in [-0.4, -0.2) is 40.4 Å². The van der Waals surface area contributed by atoms with Gasteiger partial charge in [-0.15, -0.1) is 5.10 Å². The molecule has 0 bridgehead atoms. The number of rotatable bonds is 5. The Morgan fingerprint density at radius 1 is 1.32 bits per heavy atom. The van der Waals surface area contributed by atoms with Crippen molar-refractivity contribution in [3.8, 4) is 0 Å². The zero-order valence-electron chi connectivity index (χ0n) is 15.1. The summed E-state index contributed by atoms with van der Waals surface area (Å²) in [6, 6.07) is 10.4. The Balaban J connectivity index is 1.46. The summed E-state index contributed by atoms with van der Waals surface area (Å²) < 4.78 is 1.80. The average molecular weight is 342 g/mol. The number of nitrogens with zero attached hydrogens (tertiary/aromatic N) is 4. The molecule has 1 aliphatic heterocycles. The summed E-state index contributed by atoms with van der Waals surface area (Å²) in [5.41, 5.74) is 1.24. The number of aromatic nitrogens is 3. The van der Waals surface area contributed by atoms with Gasteiger partial charge in [0.2, 0.25) is 5.95 Å². The van der Waals surface area contributed by atoms with Gasteiger partial charge in [-0.1, -0.05) is 18.2 Å². The van der Waals surface area contributed by atoms with E-state index in [4.69, 9.17) is 0 Å². The van der Waals surface area contributed by atoms with Crippen molar-refractivity contribution >= 4 is 17.7 Å². The van der Waals surface area contributed by atoms with Gasteiger partial charge in [0.1, 0.15) is 5.82 Å². The summed E-state index contributed by atoms with van der Waals surface area (Å²) in [5.74, 6) is 1.59. The fraction of sp³-hybridized carbons (Fsp3) is 0.500. The van der Waals surface area contributed by atoms with Gasteiger partial charge in [0, 0.05) is 31.4 Å². The normalized spacial score (nSPS) is 17.1. The topological polar surface area (TPSA) is 75.1 Å². The molecule has 1 saturated heterocycles. The standard InChI is InChI=1S/C18H26N6O/c1-13(2)24-14(3)20-17(22-24)21-18(25)19-11-15-9-10-23(12-15)16-7-5-4-6-8-16/h4-8,13,15H,9-12H2,1-3H3,(H2,19,21,22,25)/t15-/m1/s1. The number of carbonyl (C=O) groups is 1. The number of aryl methyl sites for hydroxylation is 1. The summed E-state index contributed by atoms with van der Waals surface area (Å²) in [5, 5.41) is 9.96. The number of anilines is 2. The molecule has 7 nitrogen and oxygen atoms in total. The first-order chi connectivity index (χ1) is 12.0. The van der Waals surface area contributed by atoms with E-state index in [1.165, 1.54) is 5.69 Å². The molecule has 2 N–H and O–H groups in total. The molecule has 25 heavy (non-hydrogen) atoms. The van der Waals surface area contributed by atoms with Gasteiger partial charge in [-0.3, -0.25) is 5.32 Å². The second kappa shape index (κ2) is 7.55. The van der Waals surface area contributed by atoms with Crippen molar-refractivity contribution in [2.24, 2.45) is 5.92 Å². The number of hydrogen-bond acceptors (Lipinski definition) is 4. The van der Waals surface area contributed by atoms with Crippen molar-refractivity contribution < 1.29 is 4.79 Å². The molecular formula is C18H26N6O. The van der Waals surface area contributed by atoms with Crippen LogP contribution in [0.5, 0.6) is 0 Å². The SMILES string of the molecule is Cc1nc(NC(=O)NC[C@H]2CCN(c3ccccc3)C2)nn1C(C)C. The molecule has 0 radical (unpaired) electrons. The van der Waals surface area contributed by atoms with Crippen molar-refractivity contribution in [2.45, 2.75) is 33.2 Å². The van der Waals surface area contributed by atoms with Crippen LogP contribution in [0.25, 0.3) is 0 Å². The van der Waals surface area contributed by atoms with Crippen LogP contribution in [0.15, 0.2) is 30.3 Å². The van der Waals surface area contributed by atoms with E-state index in [1.54, 1.807) is 4.68 Å². The lowest BCUT2D eigenvalue weighted by molar-refractivity contribution is 0.250. The van der Waals surface area contributed by atoms with Crippen LogP contribution in [0.1, 0.15) is 32.1 Å². The molecule has 2 amide bonds. The van der Waals surface area contributed by atoms with Crippen molar-refractivity contribution in [3.63, 3.8) is 0 Å². The Morgan fingerprint density at radius 3 is 2.76 bits per heavy atom. The maximum Gasteiger partial charge on any atom is 0.321 e. The number of benzene rings is 1. The van der Waals surface area contributed by atoms with E-state index in [-0.39, 0.29) is 12.1 Å². The van der Waals surface area contributed by atoms with E-state index in [1.807, 2.05) is 26.8 Å². The number of hydrogen-bond donors (Lipinski definition) is 2. The molecule has 1 fully saturated rings. The van der Waals surface area contributed by atoms with E-state index < -0.39 is 0 Å². The first kappa shape index (κ1) is 17.3. The number of para-hydroxylation sites is 1. The van der Waals surface area contributed by atoms with Crippen LogP contribution in [0, 0.1) is 12.8 Å². The molecule has 2 heterocycles. The molecule has 1 atom stereocenters. The lowest BCUT2D eigenvalue weighted by atomic mass is 10.1. The minimum absolute atomic E-state index is 0.216. The van der Waals surface area contributed by atoms with Crippen molar-refractivity contribution in [2.75, 3.05) is 29.9 Å². The molecule has 0 aliphatic carbocycles. The number of carbonyl (C=O) groups excluding carboxylic acids is 1. The molecule has 0 saturated carbocycles. The first-order valence-corrected chi connectivity index (χ1v) is 8.81. The van der Waals surface area contributed by atoms with E-state index in [0.29, 0.717) is 18.4 Å². The first-order valence-electron chi connectivity index (χ1n) is 8.81. The van der Waals surface area contributed by atoms with E-state index in [2.05, 4.69) is 49.9 Å². The third-order valence-electron chi connectivity index (χ3n) is 4.47. The lowest BCUT2D eigenvalue weighted by Gasteiger charge is -2.18. The van der Waals surface area contributed by atoms with Gasteiger partial charge in [-0.25, -0.2) is 9.48 Å². The van der Waals surface area contributed by atoms with Crippen LogP contribution in [0.3, 0.4) is 0 Å². The Hall–Kier alpha value is -2.57. The van der Waals surface area contributed by atoms with Crippen LogP contribution < -0.4 is 15.5 Å². The van der Waals surface area contributed by atoms with Crippen LogP contribution in [0.4, 0.5) is 16.4 Å². The third kappa shape index (κ3) is 4.29. The molecular weight excluding hydrogens is 316 g/mol. The van der Waals surface area contributed by atoms with Gasteiger partial charge in [0.05, 0.1) is 0 Å². The maximum absolute atomic E-state index is 12.1. The monoisotopic (exact) mass is 342 g/mol. The highest BCUT2D eigenvalue weighted by molar-refractivity contribution is 5.87.